The average molecular weight is 249 g/mol. The molecule has 18 heavy (non-hydrogen) atoms. The SMILES string of the molecule is COc1cc([C@@H]2CCCCN2)ccc1OC(C)=O. The second-order valence-corrected chi connectivity index (χ2v) is 4.51. The van der Waals surface area contributed by atoms with Crippen LogP contribution in [0.2, 0.25) is 0 Å². The summed E-state index contributed by atoms with van der Waals surface area (Å²) in [6.45, 7) is 2.44. The number of esters is 1. The van der Waals surface area contributed by atoms with Gasteiger partial charge in [-0.1, -0.05) is 12.5 Å². The highest BCUT2D eigenvalue weighted by Crippen LogP contribution is 2.32. The number of piperidine rings is 1. The van der Waals surface area contributed by atoms with Gasteiger partial charge in [0.2, 0.25) is 0 Å². The van der Waals surface area contributed by atoms with E-state index in [0.717, 1.165) is 13.0 Å². The zero-order valence-electron chi connectivity index (χ0n) is 10.9. The maximum Gasteiger partial charge on any atom is 0.308 e. The van der Waals surface area contributed by atoms with Crippen molar-refractivity contribution in [2.75, 3.05) is 13.7 Å². The number of rotatable bonds is 3. The van der Waals surface area contributed by atoms with Crippen molar-refractivity contribution in [3.63, 3.8) is 0 Å². The number of ether oxygens (including phenoxy) is 2. The minimum Gasteiger partial charge on any atom is -0.493 e. The lowest BCUT2D eigenvalue weighted by molar-refractivity contribution is -0.132. The summed E-state index contributed by atoms with van der Waals surface area (Å²) in [5, 5.41) is 3.48. The van der Waals surface area contributed by atoms with E-state index in [9.17, 15) is 4.79 Å². The molecule has 1 fully saturated rings. The van der Waals surface area contributed by atoms with E-state index in [-0.39, 0.29) is 5.97 Å². The van der Waals surface area contributed by atoms with Gasteiger partial charge in [0.1, 0.15) is 0 Å². The van der Waals surface area contributed by atoms with Gasteiger partial charge in [-0.15, -0.1) is 0 Å². The van der Waals surface area contributed by atoms with Crippen molar-refractivity contribution in [1.82, 2.24) is 5.32 Å². The highest BCUT2D eigenvalue weighted by Gasteiger charge is 2.17. The maximum atomic E-state index is 11.0. The van der Waals surface area contributed by atoms with Crippen molar-refractivity contribution < 1.29 is 14.3 Å². The molecular weight excluding hydrogens is 230 g/mol. The fourth-order valence-electron chi connectivity index (χ4n) is 2.28. The molecule has 1 aliphatic heterocycles. The molecule has 4 nitrogen and oxygen atoms in total. The van der Waals surface area contributed by atoms with Crippen LogP contribution in [-0.2, 0) is 4.79 Å². The summed E-state index contributed by atoms with van der Waals surface area (Å²) in [6.07, 6.45) is 3.61. The summed E-state index contributed by atoms with van der Waals surface area (Å²) in [5.41, 5.74) is 1.18. The summed E-state index contributed by atoms with van der Waals surface area (Å²) in [6, 6.07) is 6.11. The summed E-state index contributed by atoms with van der Waals surface area (Å²) >= 11 is 0. The van der Waals surface area contributed by atoms with Crippen molar-refractivity contribution in [2.45, 2.75) is 32.2 Å². The van der Waals surface area contributed by atoms with E-state index in [0.29, 0.717) is 17.5 Å². The second kappa shape index (κ2) is 5.87. The zero-order valence-corrected chi connectivity index (χ0v) is 10.9. The number of nitrogens with one attached hydrogen (secondary N) is 1. The van der Waals surface area contributed by atoms with Crippen molar-refractivity contribution >= 4 is 5.97 Å². The van der Waals surface area contributed by atoms with Crippen LogP contribution in [0.15, 0.2) is 18.2 Å². The minimum absolute atomic E-state index is 0.336. The first-order valence-electron chi connectivity index (χ1n) is 6.30. The van der Waals surface area contributed by atoms with E-state index in [1.54, 1.807) is 13.2 Å². The van der Waals surface area contributed by atoms with Crippen molar-refractivity contribution in [1.29, 1.82) is 0 Å². The Balaban J connectivity index is 2.20. The van der Waals surface area contributed by atoms with Crippen molar-refractivity contribution in [3.05, 3.63) is 23.8 Å². The summed E-state index contributed by atoms with van der Waals surface area (Å²) < 4.78 is 10.4. The Hall–Kier alpha value is -1.55. The fourth-order valence-corrected chi connectivity index (χ4v) is 2.28. The Morgan fingerprint density at radius 2 is 2.17 bits per heavy atom. The molecule has 2 rings (SSSR count). The third kappa shape index (κ3) is 3.01. The average Bonchev–Trinajstić information content (AvgIpc) is 2.39. The van der Waals surface area contributed by atoms with Gasteiger partial charge in [0.25, 0.3) is 0 Å². The zero-order chi connectivity index (χ0) is 13.0. The second-order valence-electron chi connectivity index (χ2n) is 4.51. The molecule has 1 N–H and O–H groups in total. The number of carbonyl (C=O) groups is 1. The molecule has 1 heterocycles. The van der Waals surface area contributed by atoms with Crippen molar-refractivity contribution in [2.24, 2.45) is 0 Å². The van der Waals surface area contributed by atoms with Crippen LogP contribution in [0.3, 0.4) is 0 Å². The van der Waals surface area contributed by atoms with E-state index in [4.69, 9.17) is 9.47 Å². The summed E-state index contributed by atoms with van der Waals surface area (Å²) in [7, 11) is 1.58. The smallest absolute Gasteiger partial charge is 0.308 e. The molecule has 4 heteroatoms. The molecule has 0 spiro atoms. The Morgan fingerprint density at radius 3 is 2.78 bits per heavy atom. The molecule has 98 valence electrons. The number of carbonyl (C=O) groups excluding carboxylic acids is 1. The molecule has 1 aromatic carbocycles. The topological polar surface area (TPSA) is 47.6 Å². The largest absolute Gasteiger partial charge is 0.493 e. The van der Waals surface area contributed by atoms with Gasteiger partial charge in [-0.2, -0.15) is 0 Å². The predicted octanol–water partition coefficient (Wildman–Crippen LogP) is 2.44. The standard InChI is InChI=1S/C14H19NO3/c1-10(16)18-13-7-6-11(9-14(13)17-2)12-5-3-4-8-15-12/h6-7,9,12,15H,3-5,8H2,1-2H3/t12-/m0/s1. The van der Waals surface area contributed by atoms with Gasteiger partial charge in [-0.05, 0) is 37.1 Å². The van der Waals surface area contributed by atoms with E-state index >= 15 is 0 Å². The van der Waals surface area contributed by atoms with Gasteiger partial charge in [0, 0.05) is 13.0 Å². The van der Waals surface area contributed by atoms with Crippen LogP contribution in [-0.4, -0.2) is 19.6 Å². The fraction of sp³-hybridized carbons (Fsp3) is 0.500. The Labute approximate surface area is 107 Å². The van der Waals surface area contributed by atoms with Gasteiger partial charge < -0.3 is 14.8 Å². The van der Waals surface area contributed by atoms with Gasteiger partial charge in [0.15, 0.2) is 11.5 Å². The normalized spacial score (nSPS) is 19.3. The van der Waals surface area contributed by atoms with E-state index in [1.807, 2.05) is 12.1 Å². The lowest BCUT2D eigenvalue weighted by Crippen LogP contribution is -2.26. The molecule has 0 aliphatic carbocycles. The Morgan fingerprint density at radius 1 is 1.33 bits per heavy atom. The number of hydrogen-bond acceptors (Lipinski definition) is 4. The van der Waals surface area contributed by atoms with Crippen LogP contribution >= 0.6 is 0 Å². The van der Waals surface area contributed by atoms with Crippen LogP contribution in [0.5, 0.6) is 11.5 Å². The molecule has 1 saturated heterocycles. The highest BCUT2D eigenvalue weighted by molar-refractivity contribution is 5.70. The first-order valence-corrected chi connectivity index (χ1v) is 6.30. The molecular formula is C14H19NO3. The molecule has 0 unspecified atom stereocenters. The third-order valence-corrected chi connectivity index (χ3v) is 3.15. The first-order chi connectivity index (χ1) is 8.70. The molecule has 1 aromatic rings. The summed E-state index contributed by atoms with van der Waals surface area (Å²) in [5.74, 6) is 0.747. The monoisotopic (exact) mass is 249 g/mol. The maximum absolute atomic E-state index is 11.0. The van der Waals surface area contributed by atoms with Gasteiger partial charge in [0.05, 0.1) is 7.11 Å². The Bertz CT molecular complexity index is 425. The van der Waals surface area contributed by atoms with Crippen LogP contribution in [0.4, 0.5) is 0 Å². The van der Waals surface area contributed by atoms with E-state index in [1.165, 1.54) is 25.3 Å². The van der Waals surface area contributed by atoms with Crippen LogP contribution in [0.1, 0.15) is 37.8 Å². The van der Waals surface area contributed by atoms with E-state index < -0.39 is 0 Å². The van der Waals surface area contributed by atoms with Crippen LogP contribution in [0, 0.1) is 0 Å². The number of hydrogen-bond donors (Lipinski definition) is 1. The molecule has 0 radical (unpaired) electrons. The molecule has 1 atom stereocenters. The third-order valence-electron chi connectivity index (χ3n) is 3.15. The number of benzene rings is 1. The Kier molecular flexibility index (Phi) is 4.20. The highest BCUT2D eigenvalue weighted by atomic mass is 16.6. The minimum atomic E-state index is -0.336. The van der Waals surface area contributed by atoms with E-state index in [2.05, 4.69) is 5.32 Å². The number of methoxy groups -OCH3 is 1. The van der Waals surface area contributed by atoms with Gasteiger partial charge >= 0.3 is 5.97 Å². The van der Waals surface area contributed by atoms with Gasteiger partial charge in [-0.3, -0.25) is 4.79 Å². The van der Waals surface area contributed by atoms with Gasteiger partial charge in [-0.25, -0.2) is 0 Å². The summed E-state index contributed by atoms with van der Waals surface area (Å²) in [4.78, 5) is 11.0. The first kappa shape index (κ1) is 12.9. The molecule has 1 aliphatic rings. The van der Waals surface area contributed by atoms with Crippen molar-refractivity contribution in [3.8, 4) is 11.5 Å². The van der Waals surface area contributed by atoms with Crippen LogP contribution < -0.4 is 14.8 Å². The molecule has 0 amide bonds. The quantitative estimate of drug-likeness (QED) is 0.660. The van der Waals surface area contributed by atoms with Crippen LogP contribution in [0.25, 0.3) is 0 Å². The lowest BCUT2D eigenvalue weighted by atomic mass is 9.97. The predicted molar refractivity (Wildman–Crippen MR) is 68.9 cm³/mol. The molecule has 0 bridgehead atoms. The lowest BCUT2D eigenvalue weighted by Gasteiger charge is -2.24. The molecule has 0 aromatic heterocycles. The molecule has 0 saturated carbocycles.